The topological polar surface area (TPSA) is 61.0 Å². The molecule has 1 atom stereocenters. The molecule has 0 aromatic carbocycles. The van der Waals surface area contributed by atoms with Crippen LogP contribution in [0.25, 0.3) is 0 Å². The summed E-state index contributed by atoms with van der Waals surface area (Å²) in [4.78, 5) is 14.2. The van der Waals surface area contributed by atoms with Gasteiger partial charge in [-0.3, -0.25) is 5.10 Å². The normalized spacial score (nSPS) is 19.9. The summed E-state index contributed by atoms with van der Waals surface area (Å²) in [5.41, 5.74) is 1.20. The Morgan fingerprint density at radius 3 is 3.10 bits per heavy atom. The van der Waals surface area contributed by atoms with E-state index in [1.165, 1.54) is 5.56 Å². The number of aromatic amines is 1. The lowest BCUT2D eigenvalue weighted by atomic mass is 9.93. The number of amides is 2. The van der Waals surface area contributed by atoms with Crippen molar-refractivity contribution in [3.05, 3.63) is 18.0 Å². The largest absolute Gasteiger partial charge is 0.337 e. The van der Waals surface area contributed by atoms with Crippen LogP contribution in [0.5, 0.6) is 0 Å². The highest BCUT2D eigenvalue weighted by Crippen LogP contribution is 2.26. The van der Waals surface area contributed by atoms with Crippen LogP contribution in [0.4, 0.5) is 4.79 Å². The van der Waals surface area contributed by atoms with Crippen LogP contribution in [0.15, 0.2) is 12.4 Å². The van der Waals surface area contributed by atoms with E-state index in [1.54, 1.807) is 11.8 Å². The Labute approximate surface area is 124 Å². The zero-order chi connectivity index (χ0) is 14.6. The third-order valence-electron chi connectivity index (χ3n) is 3.92. The number of nitrogens with zero attached hydrogens (tertiary/aromatic N) is 2. The first-order valence-electron chi connectivity index (χ1n) is 7.08. The van der Waals surface area contributed by atoms with E-state index in [0.717, 1.165) is 25.9 Å². The Morgan fingerprint density at radius 1 is 1.65 bits per heavy atom. The van der Waals surface area contributed by atoms with Gasteiger partial charge in [0.05, 0.1) is 6.20 Å². The van der Waals surface area contributed by atoms with Crippen molar-refractivity contribution < 1.29 is 4.79 Å². The maximum atomic E-state index is 12.3. The minimum Gasteiger partial charge on any atom is -0.337 e. The Balaban J connectivity index is 1.87. The molecule has 0 saturated carbocycles. The number of thioether (sulfide) groups is 1. The monoisotopic (exact) mass is 296 g/mol. The molecule has 2 rings (SSSR count). The van der Waals surface area contributed by atoms with Crippen LogP contribution in [0.2, 0.25) is 0 Å². The Hall–Kier alpha value is -1.17. The zero-order valence-electron chi connectivity index (χ0n) is 12.5. The number of carbonyl (C=O) groups is 1. The molecule has 0 bridgehead atoms. The van der Waals surface area contributed by atoms with Crippen molar-refractivity contribution in [2.45, 2.75) is 37.4 Å². The van der Waals surface area contributed by atoms with Gasteiger partial charge in [0.15, 0.2) is 0 Å². The standard InChI is InChI=1S/C14H24N4OS/c1-14(2,20-3)10-15-13(19)18-6-4-5-11(9-18)12-7-16-17-8-12/h7-8,11H,4-6,9-10H2,1-3H3,(H,15,19)(H,16,17)/t11-/m0/s1. The fraction of sp³-hybridized carbons (Fsp3) is 0.714. The number of likely N-dealkylation sites (tertiary alicyclic amines) is 1. The van der Waals surface area contributed by atoms with Crippen LogP contribution in [0.3, 0.4) is 0 Å². The van der Waals surface area contributed by atoms with Gasteiger partial charge in [-0.1, -0.05) is 0 Å². The van der Waals surface area contributed by atoms with Crippen LogP contribution in [0, 0.1) is 0 Å². The number of piperidine rings is 1. The van der Waals surface area contributed by atoms with E-state index in [9.17, 15) is 4.79 Å². The molecule has 0 radical (unpaired) electrons. The van der Waals surface area contributed by atoms with Gasteiger partial charge in [-0.15, -0.1) is 0 Å². The van der Waals surface area contributed by atoms with E-state index in [0.29, 0.717) is 12.5 Å². The van der Waals surface area contributed by atoms with E-state index < -0.39 is 0 Å². The molecule has 0 unspecified atom stereocenters. The van der Waals surface area contributed by atoms with Crippen molar-refractivity contribution in [3.63, 3.8) is 0 Å². The van der Waals surface area contributed by atoms with Gasteiger partial charge in [-0.05, 0) is 38.5 Å². The number of H-pyrrole nitrogens is 1. The minimum absolute atomic E-state index is 0.0559. The quantitative estimate of drug-likeness (QED) is 0.897. The number of hydrogen-bond donors (Lipinski definition) is 2. The molecule has 1 aliphatic rings. The van der Waals surface area contributed by atoms with Crippen molar-refractivity contribution in [3.8, 4) is 0 Å². The molecular weight excluding hydrogens is 272 g/mol. The van der Waals surface area contributed by atoms with E-state index in [-0.39, 0.29) is 10.8 Å². The predicted octanol–water partition coefficient (Wildman–Crippen LogP) is 2.44. The number of nitrogens with one attached hydrogen (secondary N) is 2. The Morgan fingerprint density at radius 2 is 2.45 bits per heavy atom. The number of carbonyl (C=O) groups excluding carboxylic acids is 1. The second-order valence-corrected chi connectivity index (χ2v) is 7.45. The highest BCUT2D eigenvalue weighted by Gasteiger charge is 2.26. The molecule has 2 amide bonds. The predicted molar refractivity (Wildman–Crippen MR) is 83.1 cm³/mol. The highest BCUT2D eigenvalue weighted by molar-refractivity contribution is 7.99. The molecule has 0 spiro atoms. The Bertz CT molecular complexity index is 432. The molecule has 5 nitrogen and oxygen atoms in total. The van der Waals surface area contributed by atoms with Crippen molar-refractivity contribution in [2.24, 2.45) is 0 Å². The zero-order valence-corrected chi connectivity index (χ0v) is 13.3. The smallest absolute Gasteiger partial charge is 0.317 e. The van der Waals surface area contributed by atoms with Gasteiger partial charge in [0.1, 0.15) is 0 Å². The van der Waals surface area contributed by atoms with Gasteiger partial charge >= 0.3 is 6.03 Å². The lowest BCUT2D eigenvalue weighted by molar-refractivity contribution is 0.179. The maximum absolute atomic E-state index is 12.3. The molecule has 20 heavy (non-hydrogen) atoms. The molecule has 1 saturated heterocycles. The van der Waals surface area contributed by atoms with E-state index in [2.05, 4.69) is 35.6 Å². The molecule has 1 aromatic heterocycles. The number of urea groups is 1. The van der Waals surface area contributed by atoms with Crippen LogP contribution < -0.4 is 5.32 Å². The summed E-state index contributed by atoms with van der Waals surface area (Å²) in [6.07, 6.45) is 8.04. The average molecular weight is 296 g/mol. The molecule has 1 aromatic rings. The van der Waals surface area contributed by atoms with Gasteiger partial charge < -0.3 is 10.2 Å². The maximum Gasteiger partial charge on any atom is 0.317 e. The molecule has 6 heteroatoms. The number of aromatic nitrogens is 2. The highest BCUT2D eigenvalue weighted by atomic mass is 32.2. The van der Waals surface area contributed by atoms with Gasteiger partial charge in [-0.2, -0.15) is 16.9 Å². The lowest BCUT2D eigenvalue weighted by Gasteiger charge is -2.33. The first-order chi connectivity index (χ1) is 9.52. The summed E-state index contributed by atoms with van der Waals surface area (Å²) in [6.45, 7) is 6.61. The first-order valence-corrected chi connectivity index (χ1v) is 8.31. The fourth-order valence-electron chi connectivity index (χ4n) is 2.39. The van der Waals surface area contributed by atoms with E-state index >= 15 is 0 Å². The van der Waals surface area contributed by atoms with Crippen LogP contribution in [0.1, 0.15) is 38.2 Å². The summed E-state index contributed by atoms with van der Waals surface area (Å²) in [5.74, 6) is 0.404. The Kier molecular flexibility index (Phi) is 4.96. The van der Waals surface area contributed by atoms with Crippen LogP contribution in [-0.4, -0.2) is 51.8 Å². The molecular formula is C14H24N4OS. The molecule has 2 heterocycles. The first kappa shape index (κ1) is 15.2. The number of hydrogen-bond acceptors (Lipinski definition) is 3. The van der Waals surface area contributed by atoms with Crippen molar-refractivity contribution in [1.29, 1.82) is 0 Å². The third-order valence-corrected chi connectivity index (χ3v) is 5.17. The van der Waals surface area contributed by atoms with Crippen LogP contribution >= 0.6 is 11.8 Å². The minimum atomic E-state index is 0.0559. The van der Waals surface area contributed by atoms with Gasteiger partial charge in [0.25, 0.3) is 0 Å². The van der Waals surface area contributed by atoms with Gasteiger partial charge in [0, 0.05) is 36.5 Å². The van der Waals surface area contributed by atoms with Crippen molar-refractivity contribution in [2.75, 3.05) is 25.9 Å². The molecule has 112 valence electrons. The van der Waals surface area contributed by atoms with Gasteiger partial charge in [-0.25, -0.2) is 4.79 Å². The molecule has 1 fully saturated rings. The molecule has 2 N–H and O–H groups in total. The second-order valence-electron chi connectivity index (χ2n) is 5.94. The van der Waals surface area contributed by atoms with Crippen LogP contribution in [-0.2, 0) is 0 Å². The van der Waals surface area contributed by atoms with E-state index in [4.69, 9.17) is 0 Å². The lowest BCUT2D eigenvalue weighted by Crippen LogP contribution is -2.47. The summed E-state index contributed by atoms with van der Waals surface area (Å²) in [7, 11) is 0. The third kappa shape index (κ3) is 3.91. The summed E-state index contributed by atoms with van der Waals surface area (Å²) in [6, 6.07) is 0.0559. The number of rotatable bonds is 4. The summed E-state index contributed by atoms with van der Waals surface area (Å²) >= 11 is 1.77. The summed E-state index contributed by atoms with van der Waals surface area (Å²) in [5, 5.41) is 9.90. The fourth-order valence-corrected chi connectivity index (χ4v) is 2.61. The average Bonchev–Trinajstić information content (AvgIpc) is 2.99. The molecule has 0 aliphatic carbocycles. The SMILES string of the molecule is CSC(C)(C)CNC(=O)N1CCC[C@H](c2cn[nH]c2)C1. The van der Waals surface area contributed by atoms with Crippen molar-refractivity contribution >= 4 is 17.8 Å². The van der Waals surface area contributed by atoms with E-state index in [1.807, 2.05) is 17.3 Å². The molecule has 1 aliphatic heterocycles. The van der Waals surface area contributed by atoms with Gasteiger partial charge in [0.2, 0.25) is 0 Å². The second kappa shape index (κ2) is 6.52. The van der Waals surface area contributed by atoms with Crippen molar-refractivity contribution in [1.82, 2.24) is 20.4 Å². The summed E-state index contributed by atoms with van der Waals surface area (Å²) < 4.78 is 0.0788.